The maximum Gasteiger partial charge on any atom is 0.319 e. The summed E-state index contributed by atoms with van der Waals surface area (Å²) in [7, 11) is 1.92. The topological polar surface area (TPSA) is 59.0 Å². The van der Waals surface area contributed by atoms with E-state index >= 15 is 0 Å². The van der Waals surface area contributed by atoms with Gasteiger partial charge in [0.1, 0.15) is 5.82 Å². The number of carbonyl (C=O) groups is 1. The van der Waals surface area contributed by atoms with Crippen molar-refractivity contribution in [2.45, 2.75) is 32.7 Å². The SMILES string of the molecule is CCCC(NC(=O)Nc1ccc(Cl)c(C)c1)c1nccn1C. The zero-order valence-corrected chi connectivity index (χ0v) is 13.8. The Morgan fingerprint density at radius 3 is 2.82 bits per heavy atom. The molecule has 1 aromatic carbocycles. The molecule has 0 spiro atoms. The zero-order valence-electron chi connectivity index (χ0n) is 13.1. The summed E-state index contributed by atoms with van der Waals surface area (Å²) in [5, 5.41) is 6.50. The fourth-order valence-corrected chi connectivity index (χ4v) is 2.43. The Morgan fingerprint density at radius 2 is 2.23 bits per heavy atom. The molecule has 0 radical (unpaired) electrons. The first-order valence-electron chi connectivity index (χ1n) is 7.32. The summed E-state index contributed by atoms with van der Waals surface area (Å²) >= 11 is 5.99. The number of aryl methyl sites for hydroxylation is 2. The van der Waals surface area contributed by atoms with Crippen molar-refractivity contribution in [1.29, 1.82) is 0 Å². The van der Waals surface area contributed by atoms with Crippen LogP contribution in [0.4, 0.5) is 10.5 Å². The highest BCUT2D eigenvalue weighted by atomic mass is 35.5. The molecular formula is C16H21ClN4O. The zero-order chi connectivity index (χ0) is 16.1. The average Bonchev–Trinajstić information content (AvgIpc) is 2.88. The molecule has 2 aromatic rings. The van der Waals surface area contributed by atoms with Crippen molar-refractivity contribution in [3.63, 3.8) is 0 Å². The van der Waals surface area contributed by atoms with E-state index in [9.17, 15) is 4.79 Å². The van der Waals surface area contributed by atoms with Gasteiger partial charge in [0.25, 0.3) is 0 Å². The molecule has 5 nitrogen and oxygen atoms in total. The van der Waals surface area contributed by atoms with Crippen molar-refractivity contribution < 1.29 is 4.79 Å². The molecule has 0 saturated carbocycles. The maximum atomic E-state index is 12.2. The third-order valence-electron chi connectivity index (χ3n) is 3.47. The quantitative estimate of drug-likeness (QED) is 0.873. The van der Waals surface area contributed by atoms with Gasteiger partial charge in [-0.3, -0.25) is 0 Å². The summed E-state index contributed by atoms with van der Waals surface area (Å²) < 4.78 is 1.92. The number of urea groups is 1. The molecule has 1 aromatic heterocycles. The summed E-state index contributed by atoms with van der Waals surface area (Å²) in [5.74, 6) is 0.851. The molecule has 0 bridgehead atoms. The van der Waals surface area contributed by atoms with E-state index in [2.05, 4.69) is 22.5 Å². The predicted octanol–water partition coefficient (Wildman–Crippen LogP) is 4.04. The molecule has 0 fully saturated rings. The van der Waals surface area contributed by atoms with Gasteiger partial charge in [-0.2, -0.15) is 0 Å². The number of amides is 2. The standard InChI is InChI=1S/C16H21ClN4O/c1-4-5-14(15-18-8-9-21(15)3)20-16(22)19-12-6-7-13(17)11(2)10-12/h6-10,14H,4-5H2,1-3H3,(H2,19,20,22). The molecule has 0 aliphatic rings. The number of halogens is 1. The fourth-order valence-electron chi connectivity index (χ4n) is 2.32. The average molecular weight is 321 g/mol. The minimum absolute atomic E-state index is 0.113. The summed E-state index contributed by atoms with van der Waals surface area (Å²) in [4.78, 5) is 16.5. The molecule has 2 rings (SSSR count). The lowest BCUT2D eigenvalue weighted by Crippen LogP contribution is -2.33. The lowest BCUT2D eigenvalue weighted by atomic mass is 10.1. The Hall–Kier alpha value is -2.01. The lowest BCUT2D eigenvalue weighted by Gasteiger charge is -2.18. The molecule has 0 aliphatic carbocycles. The van der Waals surface area contributed by atoms with Gasteiger partial charge in [0.15, 0.2) is 0 Å². The Morgan fingerprint density at radius 1 is 1.45 bits per heavy atom. The van der Waals surface area contributed by atoms with Crippen LogP contribution in [0.2, 0.25) is 5.02 Å². The van der Waals surface area contributed by atoms with Crippen molar-refractivity contribution >= 4 is 23.3 Å². The molecular weight excluding hydrogens is 300 g/mol. The molecule has 1 heterocycles. The number of anilines is 1. The van der Waals surface area contributed by atoms with Crippen LogP contribution in [0.3, 0.4) is 0 Å². The van der Waals surface area contributed by atoms with Crippen molar-refractivity contribution in [3.05, 3.63) is 47.0 Å². The van der Waals surface area contributed by atoms with E-state index in [4.69, 9.17) is 11.6 Å². The fraction of sp³-hybridized carbons (Fsp3) is 0.375. The molecule has 0 saturated heterocycles. The number of nitrogens with zero attached hydrogens (tertiary/aromatic N) is 2. The van der Waals surface area contributed by atoms with Gasteiger partial charge in [-0.25, -0.2) is 9.78 Å². The molecule has 2 amide bonds. The number of nitrogens with one attached hydrogen (secondary N) is 2. The molecule has 22 heavy (non-hydrogen) atoms. The van der Waals surface area contributed by atoms with E-state index in [0.717, 1.165) is 29.9 Å². The Labute approximate surface area is 135 Å². The third kappa shape index (κ3) is 4.01. The third-order valence-corrected chi connectivity index (χ3v) is 3.89. The number of rotatable bonds is 5. The summed E-state index contributed by atoms with van der Waals surface area (Å²) in [5.41, 5.74) is 1.64. The van der Waals surface area contributed by atoms with E-state index in [-0.39, 0.29) is 12.1 Å². The van der Waals surface area contributed by atoms with Gasteiger partial charge in [0.2, 0.25) is 0 Å². The van der Waals surface area contributed by atoms with Gasteiger partial charge in [0, 0.05) is 30.2 Å². The second-order valence-electron chi connectivity index (χ2n) is 5.30. The number of benzene rings is 1. The molecule has 1 unspecified atom stereocenters. The number of imidazole rings is 1. The first kappa shape index (κ1) is 16.4. The lowest BCUT2D eigenvalue weighted by molar-refractivity contribution is 0.247. The second kappa shape index (κ2) is 7.31. The van der Waals surface area contributed by atoms with Crippen LogP contribution in [0, 0.1) is 6.92 Å². The largest absolute Gasteiger partial charge is 0.336 e. The van der Waals surface area contributed by atoms with E-state index in [0.29, 0.717) is 5.02 Å². The molecule has 118 valence electrons. The van der Waals surface area contributed by atoms with Crippen molar-refractivity contribution in [3.8, 4) is 0 Å². The predicted molar refractivity (Wildman–Crippen MR) is 89.2 cm³/mol. The minimum Gasteiger partial charge on any atom is -0.336 e. The van der Waals surface area contributed by atoms with Crippen LogP contribution < -0.4 is 10.6 Å². The van der Waals surface area contributed by atoms with E-state index in [1.54, 1.807) is 18.3 Å². The van der Waals surface area contributed by atoms with Crippen LogP contribution in [-0.2, 0) is 7.05 Å². The van der Waals surface area contributed by atoms with E-state index in [1.165, 1.54) is 0 Å². The highest BCUT2D eigenvalue weighted by Crippen LogP contribution is 2.20. The van der Waals surface area contributed by atoms with Crippen molar-refractivity contribution in [2.24, 2.45) is 7.05 Å². The number of carbonyl (C=O) groups excluding carboxylic acids is 1. The molecule has 2 N–H and O–H groups in total. The smallest absolute Gasteiger partial charge is 0.319 e. The maximum absolute atomic E-state index is 12.2. The second-order valence-corrected chi connectivity index (χ2v) is 5.71. The Kier molecular flexibility index (Phi) is 5.44. The molecule has 0 aliphatic heterocycles. The van der Waals surface area contributed by atoms with Crippen molar-refractivity contribution in [2.75, 3.05) is 5.32 Å². The van der Waals surface area contributed by atoms with Gasteiger partial charge in [-0.1, -0.05) is 24.9 Å². The first-order valence-corrected chi connectivity index (χ1v) is 7.70. The first-order chi connectivity index (χ1) is 10.5. The van der Waals surface area contributed by atoms with Crippen LogP contribution >= 0.6 is 11.6 Å². The van der Waals surface area contributed by atoms with Crippen LogP contribution in [0.15, 0.2) is 30.6 Å². The van der Waals surface area contributed by atoms with Gasteiger partial charge < -0.3 is 15.2 Å². The number of aromatic nitrogens is 2. The van der Waals surface area contributed by atoms with Gasteiger partial charge in [-0.05, 0) is 37.1 Å². The minimum atomic E-state index is -0.247. The highest BCUT2D eigenvalue weighted by molar-refractivity contribution is 6.31. The van der Waals surface area contributed by atoms with Crippen LogP contribution in [0.1, 0.15) is 37.2 Å². The van der Waals surface area contributed by atoms with Crippen LogP contribution in [0.25, 0.3) is 0 Å². The highest BCUT2D eigenvalue weighted by Gasteiger charge is 2.17. The van der Waals surface area contributed by atoms with E-state index in [1.807, 2.05) is 30.8 Å². The monoisotopic (exact) mass is 320 g/mol. The number of hydrogen-bond acceptors (Lipinski definition) is 2. The Balaban J connectivity index is 2.05. The summed E-state index contributed by atoms with van der Waals surface area (Å²) in [6, 6.07) is 5.04. The summed E-state index contributed by atoms with van der Waals surface area (Å²) in [6.07, 6.45) is 5.40. The molecule has 1 atom stereocenters. The van der Waals surface area contributed by atoms with E-state index < -0.39 is 0 Å². The van der Waals surface area contributed by atoms with Gasteiger partial charge in [0.05, 0.1) is 6.04 Å². The Bertz CT molecular complexity index is 653. The summed E-state index contributed by atoms with van der Waals surface area (Å²) in [6.45, 7) is 3.98. The normalized spacial score (nSPS) is 12.0. The van der Waals surface area contributed by atoms with Crippen LogP contribution in [0.5, 0.6) is 0 Å². The van der Waals surface area contributed by atoms with Crippen LogP contribution in [-0.4, -0.2) is 15.6 Å². The number of hydrogen-bond donors (Lipinski definition) is 2. The van der Waals surface area contributed by atoms with Crippen molar-refractivity contribution in [1.82, 2.24) is 14.9 Å². The molecule has 6 heteroatoms. The van der Waals surface area contributed by atoms with Gasteiger partial charge in [-0.15, -0.1) is 0 Å². The van der Waals surface area contributed by atoms with Gasteiger partial charge >= 0.3 is 6.03 Å².